The molecule has 2 aromatic carbocycles. The quantitative estimate of drug-likeness (QED) is 0.452. The number of carbonyl (C=O) groups excluding carboxylic acids is 2. The lowest BCUT2D eigenvalue weighted by molar-refractivity contribution is -0.140. The van der Waals surface area contributed by atoms with Crippen molar-refractivity contribution in [2.45, 2.75) is 52.2 Å². The van der Waals surface area contributed by atoms with Crippen LogP contribution < -0.4 is 9.62 Å². The third kappa shape index (κ3) is 7.53. The number of hydrogen-bond acceptors (Lipinski definition) is 4. The van der Waals surface area contributed by atoms with Crippen molar-refractivity contribution in [2.24, 2.45) is 0 Å². The van der Waals surface area contributed by atoms with Crippen LogP contribution in [0.4, 0.5) is 10.1 Å². The summed E-state index contributed by atoms with van der Waals surface area (Å²) >= 11 is 3.35. The van der Waals surface area contributed by atoms with Crippen LogP contribution in [0.5, 0.6) is 0 Å². The number of halogens is 2. The maximum atomic E-state index is 13.6. The Hall–Kier alpha value is -2.46. The van der Waals surface area contributed by atoms with E-state index in [1.807, 2.05) is 13.8 Å². The van der Waals surface area contributed by atoms with Gasteiger partial charge in [0, 0.05) is 17.1 Å². The predicted octanol–water partition coefficient (Wildman–Crippen LogP) is 4.08. The minimum absolute atomic E-state index is 0.0269. The number of rotatable bonds is 11. The van der Waals surface area contributed by atoms with Gasteiger partial charge in [-0.1, -0.05) is 38.1 Å². The summed E-state index contributed by atoms with van der Waals surface area (Å²) in [6, 6.07) is 11.4. The molecule has 0 fully saturated rings. The number of sulfonamides is 1. The average Bonchev–Trinajstić information content (AvgIpc) is 2.78. The highest BCUT2D eigenvalue weighted by Crippen LogP contribution is 2.28. The highest BCUT2D eigenvalue weighted by Gasteiger charge is 2.32. The van der Waals surface area contributed by atoms with E-state index in [4.69, 9.17) is 0 Å². The Morgan fingerprint density at radius 1 is 1.06 bits per heavy atom. The molecule has 0 unspecified atom stereocenters. The topological polar surface area (TPSA) is 86.8 Å². The van der Waals surface area contributed by atoms with Crippen LogP contribution in [0.15, 0.2) is 53.0 Å². The Bertz CT molecular complexity index is 1100. The minimum Gasteiger partial charge on any atom is -0.352 e. The first kappa shape index (κ1) is 27.8. The summed E-state index contributed by atoms with van der Waals surface area (Å²) in [5, 5.41) is 2.90. The fraction of sp³-hybridized carbons (Fsp3) is 0.417. The normalized spacial score (nSPS) is 13.1. The Labute approximate surface area is 209 Å². The number of amides is 2. The molecule has 2 aromatic rings. The van der Waals surface area contributed by atoms with E-state index in [-0.39, 0.29) is 18.5 Å². The number of carbonyl (C=O) groups is 2. The number of nitrogens with one attached hydrogen (secondary N) is 1. The van der Waals surface area contributed by atoms with E-state index in [9.17, 15) is 22.4 Å². The fourth-order valence-corrected chi connectivity index (χ4v) is 4.87. The van der Waals surface area contributed by atoms with Gasteiger partial charge >= 0.3 is 0 Å². The zero-order chi connectivity index (χ0) is 25.5. The largest absolute Gasteiger partial charge is 0.352 e. The standard InChI is InChI=1S/C24H31BrFN3O4S/c1-5-17(3)27-24(31)21(6-2)28(15-18-11-13-19(26)14-12-18)23(30)16-29(34(4,32)33)22-10-8-7-9-20(22)25/h7-14,17,21H,5-6,15-16H2,1-4H3,(H,27,31)/t17-,21-/m1/s1. The van der Waals surface area contributed by atoms with Crippen LogP contribution in [-0.2, 0) is 26.2 Å². The van der Waals surface area contributed by atoms with Gasteiger partial charge in [0.2, 0.25) is 21.8 Å². The number of nitrogens with zero attached hydrogens (tertiary/aromatic N) is 2. The van der Waals surface area contributed by atoms with E-state index in [2.05, 4.69) is 21.2 Å². The Kier molecular flexibility index (Phi) is 10.1. The van der Waals surface area contributed by atoms with Gasteiger partial charge in [0.05, 0.1) is 11.9 Å². The van der Waals surface area contributed by atoms with Crippen LogP contribution in [0.3, 0.4) is 0 Å². The number of anilines is 1. The number of benzene rings is 2. The van der Waals surface area contributed by atoms with Gasteiger partial charge in [-0.25, -0.2) is 12.8 Å². The van der Waals surface area contributed by atoms with Gasteiger partial charge < -0.3 is 10.2 Å². The molecule has 2 atom stereocenters. The van der Waals surface area contributed by atoms with Crippen molar-refractivity contribution in [3.63, 3.8) is 0 Å². The molecular formula is C24H31BrFN3O4S. The summed E-state index contributed by atoms with van der Waals surface area (Å²) in [7, 11) is -3.82. The first-order chi connectivity index (χ1) is 16.0. The van der Waals surface area contributed by atoms with Gasteiger partial charge in [-0.05, 0) is 65.5 Å². The second-order valence-corrected chi connectivity index (χ2v) is 10.9. The Balaban J connectivity index is 2.44. The zero-order valence-corrected chi connectivity index (χ0v) is 22.2. The molecule has 0 saturated carbocycles. The van der Waals surface area contributed by atoms with Gasteiger partial charge in [0.15, 0.2) is 0 Å². The van der Waals surface area contributed by atoms with E-state index in [0.29, 0.717) is 22.1 Å². The van der Waals surface area contributed by atoms with E-state index in [1.165, 1.54) is 29.2 Å². The molecule has 0 bridgehead atoms. The Morgan fingerprint density at radius 3 is 2.21 bits per heavy atom. The summed E-state index contributed by atoms with van der Waals surface area (Å²) in [6.45, 7) is 5.13. The molecule has 0 aliphatic rings. The van der Waals surface area contributed by atoms with Crippen LogP contribution in [0.2, 0.25) is 0 Å². The molecule has 0 heterocycles. The average molecular weight is 556 g/mol. The molecule has 2 rings (SSSR count). The molecule has 0 saturated heterocycles. The monoisotopic (exact) mass is 555 g/mol. The van der Waals surface area contributed by atoms with E-state index >= 15 is 0 Å². The van der Waals surface area contributed by atoms with Crippen molar-refractivity contribution in [3.8, 4) is 0 Å². The SMILES string of the molecule is CC[C@@H](C)NC(=O)[C@@H](CC)N(Cc1ccc(F)cc1)C(=O)CN(c1ccccc1Br)S(C)(=O)=O. The molecule has 10 heteroatoms. The van der Waals surface area contributed by atoms with Gasteiger partial charge in [0.1, 0.15) is 18.4 Å². The summed E-state index contributed by atoms with van der Waals surface area (Å²) in [5.41, 5.74) is 0.938. The van der Waals surface area contributed by atoms with Crippen molar-refractivity contribution in [1.82, 2.24) is 10.2 Å². The van der Waals surface area contributed by atoms with Crippen molar-refractivity contribution >= 4 is 43.5 Å². The van der Waals surface area contributed by atoms with Crippen LogP contribution >= 0.6 is 15.9 Å². The molecule has 0 aliphatic carbocycles. The smallest absolute Gasteiger partial charge is 0.244 e. The lowest BCUT2D eigenvalue weighted by Crippen LogP contribution is -2.53. The number of hydrogen-bond donors (Lipinski definition) is 1. The molecule has 0 spiro atoms. The van der Waals surface area contributed by atoms with Gasteiger partial charge in [-0.15, -0.1) is 0 Å². The molecule has 1 N–H and O–H groups in total. The third-order valence-corrected chi connectivity index (χ3v) is 7.25. The van der Waals surface area contributed by atoms with Crippen molar-refractivity contribution in [1.29, 1.82) is 0 Å². The molecule has 0 radical (unpaired) electrons. The highest BCUT2D eigenvalue weighted by atomic mass is 79.9. The second kappa shape index (κ2) is 12.3. The van der Waals surface area contributed by atoms with Crippen molar-refractivity contribution in [2.75, 3.05) is 17.1 Å². The second-order valence-electron chi connectivity index (χ2n) is 8.11. The molecular weight excluding hydrogens is 525 g/mol. The highest BCUT2D eigenvalue weighted by molar-refractivity contribution is 9.10. The van der Waals surface area contributed by atoms with Crippen LogP contribution in [-0.4, -0.2) is 50.0 Å². The molecule has 34 heavy (non-hydrogen) atoms. The fourth-order valence-electron chi connectivity index (χ4n) is 3.40. The van der Waals surface area contributed by atoms with Crippen LogP contribution in [0.1, 0.15) is 39.2 Å². The lowest BCUT2D eigenvalue weighted by Gasteiger charge is -2.33. The molecule has 186 valence electrons. The summed E-state index contributed by atoms with van der Waals surface area (Å²) in [6.07, 6.45) is 2.07. The van der Waals surface area contributed by atoms with Crippen molar-refractivity contribution in [3.05, 3.63) is 64.4 Å². The minimum atomic E-state index is -3.82. The van der Waals surface area contributed by atoms with Gasteiger partial charge in [0.25, 0.3) is 0 Å². The van der Waals surface area contributed by atoms with Crippen molar-refractivity contribution < 1.29 is 22.4 Å². The summed E-state index contributed by atoms with van der Waals surface area (Å²) in [5.74, 6) is -1.28. The molecule has 2 amide bonds. The summed E-state index contributed by atoms with van der Waals surface area (Å²) < 4.78 is 40.2. The Morgan fingerprint density at radius 2 is 1.68 bits per heavy atom. The zero-order valence-electron chi connectivity index (χ0n) is 19.8. The first-order valence-electron chi connectivity index (χ1n) is 11.0. The predicted molar refractivity (Wildman–Crippen MR) is 135 cm³/mol. The van der Waals surface area contributed by atoms with Gasteiger partial charge in [-0.3, -0.25) is 13.9 Å². The summed E-state index contributed by atoms with van der Waals surface area (Å²) in [4.78, 5) is 28.0. The van der Waals surface area contributed by atoms with E-state index in [1.54, 1.807) is 31.2 Å². The first-order valence-corrected chi connectivity index (χ1v) is 13.7. The maximum Gasteiger partial charge on any atom is 0.244 e. The number of para-hydroxylation sites is 1. The van der Waals surface area contributed by atoms with Gasteiger partial charge in [-0.2, -0.15) is 0 Å². The van der Waals surface area contributed by atoms with E-state index < -0.39 is 34.3 Å². The molecule has 0 aromatic heterocycles. The van der Waals surface area contributed by atoms with E-state index in [0.717, 1.165) is 17.0 Å². The van der Waals surface area contributed by atoms with Crippen LogP contribution in [0.25, 0.3) is 0 Å². The van der Waals surface area contributed by atoms with Crippen LogP contribution in [0, 0.1) is 5.82 Å². The third-order valence-electron chi connectivity index (χ3n) is 5.45. The maximum absolute atomic E-state index is 13.6. The molecule has 7 nitrogen and oxygen atoms in total. The lowest BCUT2D eigenvalue weighted by atomic mass is 10.1. The molecule has 0 aliphatic heterocycles.